The van der Waals surface area contributed by atoms with Gasteiger partial charge in [-0.3, -0.25) is 9.59 Å². The van der Waals surface area contributed by atoms with Crippen LogP contribution < -0.4 is 15.0 Å². The number of rotatable bonds is 3. The summed E-state index contributed by atoms with van der Waals surface area (Å²) in [6.07, 6.45) is 4.95. The second-order valence-electron chi connectivity index (χ2n) is 7.61. The molecule has 0 unspecified atom stereocenters. The van der Waals surface area contributed by atoms with E-state index in [0.29, 0.717) is 30.3 Å². The summed E-state index contributed by atoms with van der Waals surface area (Å²) in [6.45, 7) is 1.36. The first kappa shape index (κ1) is 19.4. The van der Waals surface area contributed by atoms with E-state index in [0.717, 1.165) is 18.2 Å². The van der Waals surface area contributed by atoms with Gasteiger partial charge in [0.1, 0.15) is 18.4 Å². The number of para-hydroxylation sites is 2. The topological polar surface area (TPSA) is 111 Å². The van der Waals surface area contributed by atoms with Crippen LogP contribution in [0.15, 0.2) is 36.7 Å². The van der Waals surface area contributed by atoms with Crippen LogP contribution in [0.1, 0.15) is 29.5 Å². The van der Waals surface area contributed by atoms with Gasteiger partial charge in [0.25, 0.3) is 11.8 Å². The number of carbonyl (C=O) groups is 2. The summed E-state index contributed by atoms with van der Waals surface area (Å²) in [5, 5.41) is 7.91. The van der Waals surface area contributed by atoms with E-state index in [1.54, 1.807) is 31.6 Å². The third kappa shape index (κ3) is 3.59. The highest BCUT2D eigenvalue weighted by atomic mass is 16.5. The molecule has 10 nitrogen and oxygen atoms in total. The maximum Gasteiger partial charge on any atom is 0.289 e. The average Bonchev–Trinajstić information content (AvgIpc) is 3.20. The first-order valence-electron chi connectivity index (χ1n) is 10.2. The van der Waals surface area contributed by atoms with Crippen LogP contribution in [0.4, 0.5) is 5.69 Å². The summed E-state index contributed by atoms with van der Waals surface area (Å²) >= 11 is 0. The molecule has 160 valence electrons. The van der Waals surface area contributed by atoms with E-state index < -0.39 is 11.9 Å². The van der Waals surface area contributed by atoms with Crippen molar-refractivity contribution in [2.24, 2.45) is 0 Å². The van der Waals surface area contributed by atoms with Gasteiger partial charge in [-0.05, 0) is 25.0 Å². The molecule has 1 fully saturated rings. The summed E-state index contributed by atoms with van der Waals surface area (Å²) in [4.78, 5) is 35.9. The molecule has 2 aromatic heterocycles. The summed E-state index contributed by atoms with van der Waals surface area (Å²) in [5.41, 5.74) is 1.25. The summed E-state index contributed by atoms with van der Waals surface area (Å²) in [6, 6.07) is 6.56. The number of likely N-dealkylation sites (N-methyl/N-ethyl adjacent to an activating group) is 1. The van der Waals surface area contributed by atoms with Crippen molar-refractivity contribution in [3.05, 3.63) is 42.5 Å². The molecule has 10 heteroatoms. The predicted octanol–water partition coefficient (Wildman–Crippen LogP) is 1.33. The highest BCUT2D eigenvalue weighted by Gasteiger charge is 2.31. The Kier molecular flexibility index (Phi) is 4.99. The minimum atomic E-state index is -0.857. The van der Waals surface area contributed by atoms with Crippen LogP contribution in [0.25, 0.3) is 11.0 Å². The number of hydrogen-bond acceptors (Lipinski definition) is 7. The molecule has 0 radical (unpaired) electrons. The fourth-order valence-corrected chi connectivity index (χ4v) is 3.92. The average molecular weight is 422 g/mol. The van der Waals surface area contributed by atoms with E-state index in [9.17, 15) is 9.59 Å². The monoisotopic (exact) mass is 422 g/mol. The molecule has 2 amide bonds. The Morgan fingerprint density at radius 2 is 2.00 bits per heavy atom. The van der Waals surface area contributed by atoms with Crippen molar-refractivity contribution in [2.45, 2.75) is 24.9 Å². The van der Waals surface area contributed by atoms with Gasteiger partial charge < -0.3 is 19.7 Å². The number of aromatic nitrogens is 4. The van der Waals surface area contributed by atoms with Crippen LogP contribution in [-0.4, -0.2) is 64.5 Å². The Balaban J connectivity index is 1.37. The van der Waals surface area contributed by atoms with Crippen molar-refractivity contribution in [1.29, 1.82) is 0 Å². The Morgan fingerprint density at radius 3 is 2.84 bits per heavy atom. The first-order valence-corrected chi connectivity index (χ1v) is 10.2. The Hall–Kier alpha value is -3.53. The number of ether oxygens (including phenoxy) is 2. The molecular weight excluding hydrogens is 400 g/mol. The van der Waals surface area contributed by atoms with Crippen LogP contribution in [0.5, 0.6) is 5.75 Å². The number of anilines is 1. The summed E-state index contributed by atoms with van der Waals surface area (Å²) in [7, 11) is 1.66. The smallest absolute Gasteiger partial charge is 0.289 e. The number of benzene rings is 1. The van der Waals surface area contributed by atoms with Crippen molar-refractivity contribution in [1.82, 2.24) is 25.1 Å². The third-order valence-electron chi connectivity index (χ3n) is 5.64. The Labute approximate surface area is 178 Å². The van der Waals surface area contributed by atoms with Crippen LogP contribution in [0.3, 0.4) is 0 Å². The van der Waals surface area contributed by atoms with Gasteiger partial charge in [-0.2, -0.15) is 5.10 Å². The molecule has 1 atom stereocenters. The van der Waals surface area contributed by atoms with Gasteiger partial charge in [0.2, 0.25) is 5.82 Å². The summed E-state index contributed by atoms with van der Waals surface area (Å²) < 4.78 is 13.0. The van der Waals surface area contributed by atoms with Crippen LogP contribution in [0.2, 0.25) is 0 Å². The van der Waals surface area contributed by atoms with E-state index in [4.69, 9.17) is 9.47 Å². The SMILES string of the molecule is CN1C(=O)[C@@H](NC(=O)c2ncc3cnn(C4CCOCC4)c3n2)COc2ccccc21. The number of amides is 2. The molecule has 2 aliphatic rings. The maximum atomic E-state index is 12.9. The second-order valence-corrected chi connectivity index (χ2v) is 7.61. The maximum absolute atomic E-state index is 12.9. The molecule has 4 heterocycles. The van der Waals surface area contributed by atoms with Gasteiger partial charge in [0.15, 0.2) is 5.65 Å². The number of carbonyl (C=O) groups excluding carboxylic acids is 2. The molecule has 0 aliphatic carbocycles. The van der Waals surface area contributed by atoms with Crippen LogP contribution in [-0.2, 0) is 9.53 Å². The van der Waals surface area contributed by atoms with E-state index >= 15 is 0 Å². The van der Waals surface area contributed by atoms with Crippen molar-refractivity contribution in [2.75, 3.05) is 31.8 Å². The van der Waals surface area contributed by atoms with E-state index in [1.165, 1.54) is 4.90 Å². The molecule has 2 aliphatic heterocycles. The molecule has 0 bridgehead atoms. The van der Waals surface area contributed by atoms with Gasteiger partial charge in [-0.15, -0.1) is 0 Å². The lowest BCUT2D eigenvalue weighted by atomic mass is 10.1. The van der Waals surface area contributed by atoms with Crippen molar-refractivity contribution < 1.29 is 19.1 Å². The summed E-state index contributed by atoms with van der Waals surface area (Å²) in [5.74, 6) is -0.235. The number of hydrogen-bond donors (Lipinski definition) is 1. The van der Waals surface area contributed by atoms with Crippen LogP contribution >= 0.6 is 0 Å². The van der Waals surface area contributed by atoms with Crippen molar-refractivity contribution in [3.8, 4) is 5.75 Å². The number of nitrogens with zero attached hydrogens (tertiary/aromatic N) is 5. The molecule has 0 spiro atoms. The first-order chi connectivity index (χ1) is 15.1. The van der Waals surface area contributed by atoms with E-state index in [2.05, 4.69) is 20.4 Å². The molecule has 5 rings (SSSR count). The number of fused-ring (bicyclic) bond motifs is 2. The molecular formula is C21H22N6O4. The molecule has 3 aromatic rings. The molecule has 1 N–H and O–H groups in total. The van der Waals surface area contributed by atoms with Gasteiger partial charge in [0, 0.05) is 26.5 Å². The number of nitrogens with one attached hydrogen (secondary N) is 1. The zero-order valence-corrected chi connectivity index (χ0v) is 17.0. The normalized spacial score (nSPS) is 19.6. The predicted molar refractivity (Wildman–Crippen MR) is 111 cm³/mol. The quantitative estimate of drug-likeness (QED) is 0.678. The van der Waals surface area contributed by atoms with Gasteiger partial charge in [0.05, 0.1) is 23.3 Å². The minimum Gasteiger partial charge on any atom is -0.489 e. The minimum absolute atomic E-state index is 0.0153. The van der Waals surface area contributed by atoms with Gasteiger partial charge >= 0.3 is 0 Å². The fourth-order valence-electron chi connectivity index (χ4n) is 3.92. The standard InChI is InChI=1S/C21H22N6O4/c1-26-16-4-2-3-5-17(16)31-12-15(21(26)29)24-20(28)18-22-10-13-11-23-27(19(13)25-18)14-6-8-30-9-7-14/h2-5,10-11,14-15H,6-9,12H2,1H3,(H,24,28)/t15-/m0/s1. The molecule has 0 saturated carbocycles. The lowest BCUT2D eigenvalue weighted by Gasteiger charge is -2.22. The largest absolute Gasteiger partial charge is 0.489 e. The molecule has 1 aromatic carbocycles. The van der Waals surface area contributed by atoms with E-state index in [-0.39, 0.29) is 24.4 Å². The van der Waals surface area contributed by atoms with Gasteiger partial charge in [-0.25, -0.2) is 14.6 Å². The van der Waals surface area contributed by atoms with Crippen molar-refractivity contribution in [3.63, 3.8) is 0 Å². The van der Waals surface area contributed by atoms with Crippen molar-refractivity contribution >= 4 is 28.5 Å². The second kappa shape index (κ2) is 7.95. The lowest BCUT2D eigenvalue weighted by Crippen LogP contribution is -2.49. The highest BCUT2D eigenvalue weighted by Crippen LogP contribution is 2.30. The zero-order chi connectivity index (χ0) is 21.4. The third-order valence-corrected chi connectivity index (χ3v) is 5.64. The molecule has 31 heavy (non-hydrogen) atoms. The highest BCUT2D eigenvalue weighted by molar-refractivity contribution is 6.02. The Bertz CT molecular complexity index is 1140. The van der Waals surface area contributed by atoms with E-state index in [1.807, 2.05) is 16.8 Å². The zero-order valence-electron chi connectivity index (χ0n) is 17.0. The lowest BCUT2D eigenvalue weighted by molar-refractivity contribution is -0.120. The van der Waals surface area contributed by atoms with Crippen LogP contribution in [0, 0.1) is 0 Å². The Morgan fingerprint density at radius 1 is 1.19 bits per heavy atom. The molecule has 1 saturated heterocycles. The fraction of sp³-hybridized carbons (Fsp3) is 0.381. The van der Waals surface area contributed by atoms with Gasteiger partial charge in [-0.1, -0.05) is 12.1 Å².